The minimum absolute atomic E-state index is 0.0331. The number of hydrogen-bond donors (Lipinski definition) is 0. The van der Waals surface area contributed by atoms with Crippen molar-refractivity contribution in [3.05, 3.63) is 58.1 Å². The molecule has 20 heavy (non-hydrogen) atoms. The minimum atomic E-state index is 0.0331. The molecule has 0 bridgehead atoms. The Labute approximate surface area is 131 Å². The smallest absolute Gasteiger partial charge is 0.161 e. The van der Waals surface area contributed by atoms with E-state index in [0.29, 0.717) is 13.2 Å². The van der Waals surface area contributed by atoms with Crippen molar-refractivity contribution in [1.29, 1.82) is 0 Å². The molecule has 0 aromatic heterocycles. The maximum atomic E-state index is 6.40. The van der Waals surface area contributed by atoms with Gasteiger partial charge in [-0.3, -0.25) is 0 Å². The van der Waals surface area contributed by atoms with Gasteiger partial charge in [0, 0.05) is 5.02 Å². The SMILES string of the molecule is Cc1cccc(C(Br)c2ccc3c(c2)OCCO3)c1Cl. The van der Waals surface area contributed by atoms with E-state index >= 15 is 0 Å². The maximum Gasteiger partial charge on any atom is 0.161 e. The largest absolute Gasteiger partial charge is 0.486 e. The van der Waals surface area contributed by atoms with E-state index in [9.17, 15) is 0 Å². The second-order valence-corrected chi connectivity index (χ2v) is 6.04. The number of benzene rings is 2. The molecule has 1 unspecified atom stereocenters. The number of fused-ring (bicyclic) bond motifs is 1. The standard InChI is InChI=1S/C16H14BrClO2/c1-10-3-2-4-12(16(10)18)15(17)11-5-6-13-14(9-11)20-8-7-19-13/h2-6,9,15H,7-8H2,1H3. The lowest BCUT2D eigenvalue weighted by Crippen LogP contribution is -2.15. The highest BCUT2D eigenvalue weighted by Crippen LogP contribution is 2.40. The first-order valence-electron chi connectivity index (χ1n) is 6.45. The Bertz CT molecular complexity index is 642. The van der Waals surface area contributed by atoms with E-state index in [4.69, 9.17) is 21.1 Å². The number of halogens is 2. The van der Waals surface area contributed by atoms with Crippen molar-refractivity contribution in [2.24, 2.45) is 0 Å². The number of ether oxygens (including phenoxy) is 2. The van der Waals surface area contributed by atoms with Crippen LogP contribution in [0.25, 0.3) is 0 Å². The summed E-state index contributed by atoms with van der Waals surface area (Å²) in [4.78, 5) is 0.0331. The zero-order chi connectivity index (χ0) is 14.1. The summed E-state index contributed by atoms with van der Waals surface area (Å²) in [5.74, 6) is 1.59. The van der Waals surface area contributed by atoms with Crippen LogP contribution in [0.1, 0.15) is 21.5 Å². The van der Waals surface area contributed by atoms with Crippen molar-refractivity contribution in [3.63, 3.8) is 0 Å². The molecule has 0 amide bonds. The Morgan fingerprint density at radius 3 is 2.65 bits per heavy atom. The van der Waals surface area contributed by atoms with Crippen LogP contribution < -0.4 is 9.47 Å². The second-order valence-electron chi connectivity index (χ2n) is 4.74. The molecule has 2 aromatic carbocycles. The number of aryl methyl sites for hydroxylation is 1. The van der Waals surface area contributed by atoms with Gasteiger partial charge in [0.1, 0.15) is 13.2 Å². The molecule has 1 atom stereocenters. The summed E-state index contributed by atoms with van der Waals surface area (Å²) in [5.41, 5.74) is 3.23. The number of rotatable bonds is 2. The molecular weight excluding hydrogens is 340 g/mol. The van der Waals surface area contributed by atoms with Crippen molar-refractivity contribution in [1.82, 2.24) is 0 Å². The van der Waals surface area contributed by atoms with Crippen LogP contribution in [0.5, 0.6) is 11.5 Å². The van der Waals surface area contributed by atoms with Gasteiger partial charge in [-0.2, -0.15) is 0 Å². The Kier molecular flexibility index (Phi) is 3.90. The van der Waals surface area contributed by atoms with Gasteiger partial charge in [0.15, 0.2) is 11.5 Å². The minimum Gasteiger partial charge on any atom is -0.486 e. The monoisotopic (exact) mass is 352 g/mol. The lowest BCUT2D eigenvalue weighted by atomic mass is 10.0. The van der Waals surface area contributed by atoms with Gasteiger partial charge in [-0.05, 0) is 35.7 Å². The molecule has 0 N–H and O–H groups in total. The van der Waals surface area contributed by atoms with E-state index in [0.717, 1.165) is 33.2 Å². The van der Waals surface area contributed by atoms with Crippen LogP contribution in [0.2, 0.25) is 5.02 Å². The summed E-state index contributed by atoms with van der Waals surface area (Å²) in [6, 6.07) is 12.0. The molecule has 104 valence electrons. The van der Waals surface area contributed by atoms with Crippen LogP contribution in [0.15, 0.2) is 36.4 Å². The molecule has 0 fully saturated rings. The molecule has 0 saturated heterocycles. The second kappa shape index (κ2) is 5.66. The third-order valence-corrected chi connectivity index (χ3v) is 4.89. The van der Waals surface area contributed by atoms with Gasteiger partial charge in [-0.25, -0.2) is 0 Å². The fourth-order valence-corrected chi connectivity index (χ4v) is 3.30. The molecule has 2 aromatic rings. The molecule has 4 heteroatoms. The van der Waals surface area contributed by atoms with Gasteiger partial charge >= 0.3 is 0 Å². The van der Waals surface area contributed by atoms with Crippen LogP contribution in [-0.4, -0.2) is 13.2 Å². The zero-order valence-corrected chi connectivity index (χ0v) is 13.4. The first-order chi connectivity index (χ1) is 9.66. The van der Waals surface area contributed by atoms with Crippen LogP contribution in [0.3, 0.4) is 0 Å². The summed E-state index contributed by atoms with van der Waals surface area (Å²) < 4.78 is 11.2. The molecule has 0 spiro atoms. The molecular formula is C16H14BrClO2. The average molecular weight is 354 g/mol. The first-order valence-corrected chi connectivity index (χ1v) is 7.75. The van der Waals surface area contributed by atoms with Crippen molar-refractivity contribution in [3.8, 4) is 11.5 Å². The fourth-order valence-electron chi connectivity index (χ4n) is 2.26. The molecule has 0 saturated carbocycles. The highest BCUT2D eigenvalue weighted by atomic mass is 79.9. The Balaban J connectivity index is 1.98. The number of hydrogen-bond acceptors (Lipinski definition) is 2. The average Bonchev–Trinajstić information content (AvgIpc) is 2.49. The van der Waals surface area contributed by atoms with Crippen LogP contribution in [0.4, 0.5) is 0 Å². The third kappa shape index (κ3) is 2.52. The van der Waals surface area contributed by atoms with Gasteiger partial charge in [0.2, 0.25) is 0 Å². The summed E-state index contributed by atoms with van der Waals surface area (Å²) in [5, 5.41) is 0.796. The van der Waals surface area contributed by atoms with Gasteiger partial charge in [-0.1, -0.05) is 51.8 Å². The van der Waals surface area contributed by atoms with E-state index in [1.54, 1.807) is 0 Å². The quantitative estimate of drug-likeness (QED) is 0.715. The third-order valence-electron chi connectivity index (χ3n) is 3.35. The summed E-state index contributed by atoms with van der Waals surface area (Å²) >= 11 is 10.1. The van der Waals surface area contributed by atoms with E-state index in [1.807, 2.05) is 43.3 Å². The van der Waals surface area contributed by atoms with Crippen LogP contribution in [0, 0.1) is 6.92 Å². The highest BCUT2D eigenvalue weighted by Gasteiger charge is 2.18. The summed E-state index contributed by atoms with van der Waals surface area (Å²) in [6.07, 6.45) is 0. The Hall–Kier alpha value is -1.19. The topological polar surface area (TPSA) is 18.5 Å². The molecule has 2 nitrogen and oxygen atoms in total. The molecule has 3 rings (SSSR count). The summed E-state index contributed by atoms with van der Waals surface area (Å²) in [7, 11) is 0. The summed E-state index contributed by atoms with van der Waals surface area (Å²) in [6.45, 7) is 3.21. The van der Waals surface area contributed by atoms with E-state index in [1.165, 1.54) is 0 Å². The van der Waals surface area contributed by atoms with Gasteiger partial charge < -0.3 is 9.47 Å². The van der Waals surface area contributed by atoms with Crippen molar-refractivity contribution in [2.75, 3.05) is 13.2 Å². The Morgan fingerprint density at radius 2 is 1.85 bits per heavy atom. The lowest BCUT2D eigenvalue weighted by molar-refractivity contribution is 0.171. The van der Waals surface area contributed by atoms with E-state index in [2.05, 4.69) is 15.9 Å². The van der Waals surface area contributed by atoms with Crippen molar-refractivity contribution >= 4 is 27.5 Å². The zero-order valence-electron chi connectivity index (χ0n) is 11.0. The Morgan fingerprint density at radius 1 is 1.10 bits per heavy atom. The maximum absolute atomic E-state index is 6.40. The predicted molar refractivity (Wildman–Crippen MR) is 84.4 cm³/mol. The van der Waals surface area contributed by atoms with Gasteiger partial charge in [-0.15, -0.1) is 0 Å². The van der Waals surface area contributed by atoms with Crippen LogP contribution in [-0.2, 0) is 0 Å². The molecule has 0 radical (unpaired) electrons. The predicted octanol–water partition coefficient (Wildman–Crippen LogP) is 4.90. The molecule has 1 aliphatic rings. The van der Waals surface area contributed by atoms with Crippen LogP contribution >= 0.6 is 27.5 Å². The van der Waals surface area contributed by atoms with Gasteiger partial charge in [0.05, 0.1) is 4.83 Å². The molecule has 1 aliphatic heterocycles. The first kappa shape index (κ1) is 13.8. The number of alkyl halides is 1. The lowest BCUT2D eigenvalue weighted by Gasteiger charge is -2.20. The molecule has 0 aliphatic carbocycles. The fraction of sp³-hybridized carbons (Fsp3) is 0.250. The molecule has 1 heterocycles. The highest BCUT2D eigenvalue weighted by molar-refractivity contribution is 9.09. The van der Waals surface area contributed by atoms with E-state index in [-0.39, 0.29) is 4.83 Å². The normalized spacial score (nSPS) is 14.9. The van der Waals surface area contributed by atoms with Gasteiger partial charge in [0.25, 0.3) is 0 Å². The van der Waals surface area contributed by atoms with E-state index < -0.39 is 0 Å². The van der Waals surface area contributed by atoms with Crippen molar-refractivity contribution in [2.45, 2.75) is 11.8 Å². The van der Waals surface area contributed by atoms with Crippen molar-refractivity contribution < 1.29 is 9.47 Å².